The quantitative estimate of drug-likeness (QED) is 0.165. The Kier molecular flexibility index (Phi) is 9.11. The second kappa shape index (κ2) is 12.3. The number of carbonyl (C=O) groups excluding carboxylic acids is 2. The number of amides is 3. The minimum Gasteiger partial charge on any atom is -0.450 e. The van der Waals surface area contributed by atoms with Crippen LogP contribution in [-0.4, -0.2) is 60.7 Å². The molecule has 1 aliphatic heterocycles. The predicted octanol–water partition coefficient (Wildman–Crippen LogP) is 6.04. The smallest absolute Gasteiger partial charge is 0.418 e. The maximum absolute atomic E-state index is 15.0. The number of benzene rings is 1. The van der Waals surface area contributed by atoms with E-state index in [1.165, 1.54) is 17.7 Å². The zero-order valence-electron chi connectivity index (χ0n) is 23.6. The molecule has 0 bridgehead atoms. The van der Waals surface area contributed by atoms with E-state index in [1.807, 2.05) is 0 Å². The first-order valence-electron chi connectivity index (χ1n) is 13.2. The van der Waals surface area contributed by atoms with Gasteiger partial charge >= 0.3 is 12.2 Å². The Morgan fingerprint density at radius 1 is 1.14 bits per heavy atom. The molecule has 0 atom stereocenters. The number of alkyl halides is 3. The van der Waals surface area contributed by atoms with Crippen molar-refractivity contribution in [2.24, 2.45) is 5.92 Å². The molecule has 2 N–H and O–H groups in total. The first-order chi connectivity index (χ1) is 19.6. The van der Waals surface area contributed by atoms with E-state index in [1.54, 1.807) is 4.90 Å². The summed E-state index contributed by atoms with van der Waals surface area (Å²) in [4.78, 5) is 29.1. The molecule has 4 rings (SSSR count). The second-order valence-corrected chi connectivity index (χ2v) is 17.0. The number of nitrogens with zero attached hydrogens (tertiary/aromatic N) is 3. The van der Waals surface area contributed by atoms with Gasteiger partial charge in [-0.25, -0.2) is 18.6 Å². The number of anilines is 1. The molecule has 1 saturated heterocycles. The van der Waals surface area contributed by atoms with Gasteiger partial charge in [0.1, 0.15) is 18.1 Å². The summed E-state index contributed by atoms with van der Waals surface area (Å²) in [5.74, 6) is -3.88. The van der Waals surface area contributed by atoms with E-state index in [4.69, 9.17) is 9.47 Å². The highest BCUT2D eigenvalue weighted by Gasteiger charge is 2.37. The van der Waals surface area contributed by atoms with Crippen molar-refractivity contribution >= 4 is 36.7 Å². The zero-order valence-corrected chi connectivity index (χ0v) is 24.6. The van der Waals surface area contributed by atoms with Crippen molar-refractivity contribution in [3.8, 4) is 11.5 Å². The summed E-state index contributed by atoms with van der Waals surface area (Å²) >= 11 is 0. The summed E-state index contributed by atoms with van der Waals surface area (Å²) < 4.78 is 84.0. The third-order valence-electron chi connectivity index (χ3n) is 6.67. The lowest BCUT2D eigenvalue weighted by atomic mass is 10.0. The molecule has 9 nitrogen and oxygen atoms in total. The van der Waals surface area contributed by atoms with Gasteiger partial charge in [0, 0.05) is 77.4 Å². The summed E-state index contributed by atoms with van der Waals surface area (Å²) in [5.41, 5.74) is -1.45. The zero-order chi connectivity index (χ0) is 30.8. The normalized spacial score (nSPS) is 14.2. The largest absolute Gasteiger partial charge is 0.450 e. The van der Waals surface area contributed by atoms with Crippen LogP contribution in [0.15, 0.2) is 30.6 Å². The van der Waals surface area contributed by atoms with Gasteiger partial charge in [-0.15, -0.1) is 0 Å². The van der Waals surface area contributed by atoms with Gasteiger partial charge in [0.05, 0.1) is 10.9 Å². The molecule has 2 aromatic heterocycles. The average Bonchev–Trinajstić information content (AvgIpc) is 3.22. The first kappa shape index (κ1) is 31.2. The Morgan fingerprint density at radius 2 is 1.81 bits per heavy atom. The maximum Gasteiger partial charge on any atom is 0.418 e. The van der Waals surface area contributed by atoms with E-state index in [-0.39, 0.29) is 36.4 Å². The Morgan fingerprint density at radius 3 is 2.40 bits per heavy atom. The molecule has 1 aromatic carbocycles. The van der Waals surface area contributed by atoms with Crippen molar-refractivity contribution in [1.29, 1.82) is 0 Å². The molecule has 3 amide bonds. The van der Waals surface area contributed by atoms with Crippen molar-refractivity contribution < 1.29 is 41.0 Å². The molecule has 0 aliphatic carbocycles. The molecular formula is C27H32F5N5O4Si. The van der Waals surface area contributed by atoms with Gasteiger partial charge in [-0.1, -0.05) is 19.6 Å². The monoisotopic (exact) mass is 613 g/mol. The number of rotatable bonds is 10. The number of fused-ring (bicyclic) bond motifs is 1. The lowest BCUT2D eigenvalue weighted by molar-refractivity contribution is -0.136. The van der Waals surface area contributed by atoms with Gasteiger partial charge in [0.25, 0.3) is 0 Å². The predicted molar refractivity (Wildman–Crippen MR) is 148 cm³/mol. The van der Waals surface area contributed by atoms with Crippen molar-refractivity contribution in [2.75, 3.05) is 31.6 Å². The number of nitrogens with one attached hydrogen (secondary N) is 2. The van der Waals surface area contributed by atoms with Gasteiger partial charge in [-0.05, 0) is 12.1 Å². The molecule has 42 heavy (non-hydrogen) atoms. The first-order valence-corrected chi connectivity index (χ1v) is 16.9. The topological polar surface area (TPSA) is 97.7 Å². The molecule has 0 saturated carbocycles. The molecule has 0 unspecified atom stereocenters. The lowest BCUT2D eigenvalue weighted by Crippen LogP contribution is -2.53. The van der Waals surface area contributed by atoms with E-state index in [2.05, 4.69) is 35.3 Å². The van der Waals surface area contributed by atoms with Crippen LogP contribution in [0.25, 0.3) is 11.0 Å². The second-order valence-electron chi connectivity index (χ2n) is 11.4. The third kappa shape index (κ3) is 7.56. The van der Waals surface area contributed by atoms with E-state index < -0.39 is 54.4 Å². The van der Waals surface area contributed by atoms with E-state index >= 15 is 0 Å². The molecular weight excluding hydrogens is 581 g/mol. The van der Waals surface area contributed by atoms with Crippen LogP contribution in [0, 0.1) is 17.6 Å². The number of hydrogen-bond donors (Lipinski definition) is 2. The van der Waals surface area contributed by atoms with Crippen LogP contribution in [0.4, 0.5) is 32.4 Å². The Hall–Kier alpha value is -3.72. The highest BCUT2D eigenvalue weighted by molar-refractivity contribution is 6.76. The minimum absolute atomic E-state index is 0.0641. The minimum atomic E-state index is -4.81. The van der Waals surface area contributed by atoms with Crippen LogP contribution in [0.1, 0.15) is 12.5 Å². The number of likely N-dealkylation sites (tertiary alicyclic amines) is 1. The summed E-state index contributed by atoms with van der Waals surface area (Å²) in [6.07, 6.45) is -2.81. The SMILES string of the molecule is CC(=O)N1CC(CNC(=O)Nc2cc(F)c(Oc3ccnc4c3c(C(F)(F)F)cn4COCC[Si](C)(C)C)c(F)c2)C1. The molecule has 0 spiro atoms. The number of carbonyl (C=O) groups is 2. The number of pyridine rings is 1. The van der Waals surface area contributed by atoms with Gasteiger partial charge in [0.2, 0.25) is 5.91 Å². The lowest BCUT2D eigenvalue weighted by Gasteiger charge is -2.38. The molecule has 1 fully saturated rings. The molecule has 3 aromatic rings. The molecule has 1 aliphatic rings. The fourth-order valence-corrected chi connectivity index (χ4v) is 5.09. The van der Waals surface area contributed by atoms with Crippen LogP contribution in [-0.2, 0) is 22.4 Å². The number of aromatic nitrogens is 2. The van der Waals surface area contributed by atoms with E-state index in [9.17, 15) is 31.5 Å². The van der Waals surface area contributed by atoms with Gasteiger partial charge in [0.15, 0.2) is 17.4 Å². The molecule has 0 radical (unpaired) electrons. The highest BCUT2D eigenvalue weighted by Crippen LogP contribution is 2.42. The summed E-state index contributed by atoms with van der Waals surface area (Å²) in [7, 11) is -1.42. The Labute approximate surface area is 240 Å². The molecule has 3 heterocycles. The average molecular weight is 614 g/mol. The van der Waals surface area contributed by atoms with Gasteiger partial charge < -0.3 is 29.6 Å². The van der Waals surface area contributed by atoms with Crippen molar-refractivity contribution in [3.05, 3.63) is 47.8 Å². The molecule has 228 valence electrons. The Bertz CT molecular complexity index is 1440. The Balaban J connectivity index is 1.50. The third-order valence-corrected chi connectivity index (χ3v) is 8.38. The standard InChI is InChI=1S/C27H32F5N5O4Si/c1-16(38)36-12-17(13-36)11-34-26(39)35-18-9-20(28)24(21(29)10-18)41-22-5-6-33-25-23(22)19(27(30,31)32)14-37(25)15-40-7-8-42(2,3)4/h5-6,9-10,14,17H,7-8,11-13,15H2,1-4H3,(H2,34,35,39). The van der Waals surface area contributed by atoms with Crippen LogP contribution >= 0.6 is 0 Å². The van der Waals surface area contributed by atoms with E-state index in [0.29, 0.717) is 19.7 Å². The van der Waals surface area contributed by atoms with Crippen LogP contribution in [0.3, 0.4) is 0 Å². The number of ether oxygens (including phenoxy) is 2. The van der Waals surface area contributed by atoms with Gasteiger partial charge in [-0.2, -0.15) is 13.2 Å². The number of halogens is 5. The maximum atomic E-state index is 15.0. The van der Waals surface area contributed by atoms with E-state index in [0.717, 1.165) is 30.4 Å². The van der Waals surface area contributed by atoms with Crippen LogP contribution in [0.5, 0.6) is 11.5 Å². The fraction of sp³-hybridized carbons (Fsp3) is 0.444. The number of hydrogen-bond acceptors (Lipinski definition) is 5. The molecule has 15 heteroatoms. The number of urea groups is 1. The fourth-order valence-electron chi connectivity index (χ4n) is 4.33. The summed E-state index contributed by atoms with van der Waals surface area (Å²) in [6.45, 7) is 9.29. The van der Waals surface area contributed by atoms with Crippen molar-refractivity contribution in [2.45, 2.75) is 45.5 Å². The summed E-state index contributed by atoms with van der Waals surface area (Å²) in [6, 6.07) is 2.76. The van der Waals surface area contributed by atoms with Crippen LogP contribution in [0.2, 0.25) is 25.7 Å². The van der Waals surface area contributed by atoms with Crippen LogP contribution < -0.4 is 15.4 Å². The van der Waals surface area contributed by atoms with Crippen molar-refractivity contribution in [3.63, 3.8) is 0 Å². The van der Waals surface area contributed by atoms with Crippen molar-refractivity contribution in [1.82, 2.24) is 19.8 Å². The highest BCUT2D eigenvalue weighted by atomic mass is 28.3. The van der Waals surface area contributed by atoms with Gasteiger partial charge in [-0.3, -0.25) is 4.79 Å². The summed E-state index contributed by atoms with van der Waals surface area (Å²) in [5, 5.41) is 4.40.